The van der Waals surface area contributed by atoms with E-state index >= 15 is 0 Å². The van der Waals surface area contributed by atoms with Gasteiger partial charge in [-0.05, 0) is 203 Å². The molecule has 0 saturated heterocycles. The van der Waals surface area contributed by atoms with Crippen molar-refractivity contribution in [1.82, 2.24) is 0 Å². The van der Waals surface area contributed by atoms with Crippen molar-refractivity contribution in [3.8, 4) is 22.3 Å². The fraction of sp³-hybridized carbons (Fsp3) is 0. The van der Waals surface area contributed by atoms with Crippen LogP contribution in [-0.2, 0) is 0 Å². The third kappa shape index (κ3) is 6.12. The predicted octanol–water partition coefficient (Wildman–Crippen LogP) is 23.3. The highest BCUT2D eigenvalue weighted by atomic mass is 32.2. The third-order valence-corrected chi connectivity index (χ3v) is 20.3. The lowest BCUT2D eigenvalue weighted by Gasteiger charge is -2.34. The number of benzene rings is 17. The Morgan fingerprint density at radius 3 is 0.866 bits per heavy atom. The lowest BCUT2D eigenvalue weighted by atomic mass is 9.81. The first kappa shape index (κ1) is 45.0. The van der Waals surface area contributed by atoms with Gasteiger partial charge in [-0.2, -0.15) is 0 Å². The molecule has 0 bridgehead atoms. The summed E-state index contributed by atoms with van der Waals surface area (Å²) in [5.41, 5.74) is 11.9. The number of hydrogen-bond donors (Lipinski definition) is 0. The smallest absolute Gasteiger partial charge is 0.0601 e. The Morgan fingerprint density at radius 2 is 0.500 bits per heavy atom. The van der Waals surface area contributed by atoms with Crippen molar-refractivity contribution in [2.45, 2.75) is 19.6 Å². The number of fused-ring (bicyclic) bond motifs is 10. The van der Waals surface area contributed by atoms with Crippen LogP contribution in [0.25, 0.3) is 130 Å². The SMILES string of the molecule is c1ccc2c(c1)Sc1ccccc1N2c1ccc2c(-c3ccc4c5cccc6cccc(c7cccc3c74)c65)c3cc(N4c5ccccc5Sc5ccccc54)ccc3c(-c3ccc4c5cccc6cccc(c7cccc3c74)c65)c2c1. The van der Waals surface area contributed by atoms with E-state index in [0.717, 1.165) is 11.4 Å². The highest BCUT2D eigenvalue weighted by Crippen LogP contribution is 2.57. The first-order valence-electron chi connectivity index (χ1n) is 28.2. The Labute approximate surface area is 480 Å². The van der Waals surface area contributed by atoms with Gasteiger partial charge in [0.25, 0.3) is 0 Å². The van der Waals surface area contributed by atoms with Gasteiger partial charge >= 0.3 is 0 Å². The van der Waals surface area contributed by atoms with Crippen molar-refractivity contribution in [1.29, 1.82) is 0 Å². The molecule has 82 heavy (non-hydrogen) atoms. The molecule has 0 N–H and O–H groups in total. The van der Waals surface area contributed by atoms with Crippen LogP contribution < -0.4 is 9.80 Å². The van der Waals surface area contributed by atoms with Gasteiger partial charge < -0.3 is 9.80 Å². The van der Waals surface area contributed by atoms with Crippen LogP contribution in [-0.4, -0.2) is 0 Å². The second kappa shape index (κ2) is 16.9. The van der Waals surface area contributed by atoms with Crippen LogP contribution in [0.4, 0.5) is 34.1 Å². The summed E-state index contributed by atoms with van der Waals surface area (Å²) in [5, 5.41) is 25.5. The van der Waals surface area contributed by atoms with Crippen molar-refractivity contribution in [3.05, 3.63) is 267 Å². The van der Waals surface area contributed by atoms with Crippen LogP contribution in [0.3, 0.4) is 0 Å². The molecule has 0 fully saturated rings. The quantitative estimate of drug-likeness (QED) is 0.128. The molecule has 0 unspecified atom stereocenters. The molecule has 0 atom stereocenters. The predicted molar refractivity (Wildman–Crippen MR) is 352 cm³/mol. The molecule has 0 aliphatic carbocycles. The molecule has 2 heterocycles. The van der Waals surface area contributed by atoms with Gasteiger partial charge in [0, 0.05) is 31.0 Å². The molecular weight excluding hydrogens is 1030 g/mol. The maximum Gasteiger partial charge on any atom is 0.0601 e. The molecule has 2 aliphatic heterocycles. The zero-order valence-corrected chi connectivity index (χ0v) is 45.7. The minimum Gasteiger partial charge on any atom is -0.308 e. The Kier molecular flexibility index (Phi) is 9.24. The zero-order valence-electron chi connectivity index (χ0n) is 44.1. The van der Waals surface area contributed by atoms with E-state index < -0.39 is 0 Å². The molecule has 0 amide bonds. The summed E-state index contributed by atoms with van der Waals surface area (Å²) >= 11 is 3.71. The second-order valence-electron chi connectivity index (χ2n) is 22.2. The fourth-order valence-corrected chi connectivity index (χ4v) is 16.9. The minimum atomic E-state index is 1.12. The van der Waals surface area contributed by atoms with E-state index in [1.165, 1.54) is 172 Å². The summed E-state index contributed by atoms with van der Waals surface area (Å²) in [4.78, 5) is 9.96. The standard InChI is InChI=1S/C78H44N2S2/c1-5-31-69-65(27-1)79(66-28-2-6-32-70(66)81-69)47-35-37-61-63(43-47)77(59-41-39-57-51-21-11-17-45-15-9-19-49(73(45)51)53-23-13-25-55(59)75(53)57)62-38-36-48(80-67-29-3-7-33-71(67)82-72-34-8-4-30-68(72)80)44-64(62)78(61)60-42-40-58-52-22-12-18-46-16-10-20-50(74(46)52)54-24-14-26-56(60)76(54)58/h1-44H. The summed E-state index contributed by atoms with van der Waals surface area (Å²) in [6.07, 6.45) is 0. The van der Waals surface area contributed by atoms with Crippen LogP contribution in [0.1, 0.15) is 0 Å². The van der Waals surface area contributed by atoms with Crippen LogP contribution in [0.15, 0.2) is 287 Å². The summed E-state index contributed by atoms with van der Waals surface area (Å²) in [7, 11) is 0. The zero-order chi connectivity index (χ0) is 53.3. The molecular formula is C78H44N2S2. The summed E-state index contributed by atoms with van der Waals surface area (Å²) in [6.45, 7) is 0. The Morgan fingerprint density at radius 1 is 0.207 bits per heavy atom. The lowest BCUT2D eigenvalue weighted by Crippen LogP contribution is -2.15. The molecule has 2 aliphatic rings. The summed E-state index contributed by atoms with van der Waals surface area (Å²) in [5.74, 6) is 0. The van der Waals surface area contributed by atoms with Crippen LogP contribution in [0.5, 0.6) is 0 Å². The van der Waals surface area contributed by atoms with Crippen molar-refractivity contribution >= 4 is 165 Å². The Hall–Kier alpha value is -9.84. The van der Waals surface area contributed by atoms with Crippen molar-refractivity contribution in [2.24, 2.45) is 0 Å². The van der Waals surface area contributed by atoms with E-state index in [9.17, 15) is 0 Å². The molecule has 0 aromatic heterocycles. The second-order valence-corrected chi connectivity index (χ2v) is 24.3. The first-order chi connectivity index (χ1) is 40.7. The lowest BCUT2D eigenvalue weighted by molar-refractivity contribution is 1.17. The highest BCUT2D eigenvalue weighted by molar-refractivity contribution is 8.00. The number of hydrogen-bond acceptors (Lipinski definition) is 4. The van der Waals surface area contributed by atoms with E-state index in [4.69, 9.17) is 0 Å². The van der Waals surface area contributed by atoms with E-state index in [1.54, 1.807) is 0 Å². The molecule has 19 rings (SSSR count). The Bertz CT molecular complexity index is 5080. The number of nitrogens with zero attached hydrogens (tertiary/aromatic N) is 2. The monoisotopic (exact) mass is 1070 g/mol. The van der Waals surface area contributed by atoms with E-state index in [0.29, 0.717) is 0 Å². The van der Waals surface area contributed by atoms with Gasteiger partial charge in [-0.1, -0.05) is 218 Å². The van der Waals surface area contributed by atoms with Gasteiger partial charge in [0.15, 0.2) is 0 Å². The number of para-hydroxylation sites is 4. The van der Waals surface area contributed by atoms with Gasteiger partial charge in [-0.3, -0.25) is 0 Å². The van der Waals surface area contributed by atoms with E-state index in [-0.39, 0.29) is 0 Å². The van der Waals surface area contributed by atoms with Crippen LogP contribution >= 0.6 is 23.5 Å². The fourth-order valence-electron chi connectivity index (χ4n) is 14.8. The van der Waals surface area contributed by atoms with Gasteiger partial charge in [-0.15, -0.1) is 0 Å². The topological polar surface area (TPSA) is 6.48 Å². The Balaban J connectivity index is 0.991. The molecule has 17 aromatic carbocycles. The minimum absolute atomic E-state index is 1.12. The molecule has 378 valence electrons. The summed E-state index contributed by atoms with van der Waals surface area (Å²) < 4.78 is 0. The van der Waals surface area contributed by atoms with Gasteiger partial charge in [-0.25, -0.2) is 0 Å². The average molecular weight is 1070 g/mol. The van der Waals surface area contributed by atoms with Gasteiger partial charge in [0.05, 0.1) is 22.7 Å². The molecule has 0 radical (unpaired) electrons. The van der Waals surface area contributed by atoms with Gasteiger partial charge in [0.1, 0.15) is 0 Å². The maximum atomic E-state index is 2.52. The average Bonchev–Trinajstić information content (AvgIpc) is 3.48. The third-order valence-electron chi connectivity index (χ3n) is 18.1. The molecule has 2 nitrogen and oxygen atoms in total. The van der Waals surface area contributed by atoms with Crippen LogP contribution in [0.2, 0.25) is 0 Å². The molecule has 0 spiro atoms. The normalized spacial score (nSPS) is 13.2. The van der Waals surface area contributed by atoms with Crippen molar-refractivity contribution < 1.29 is 0 Å². The summed E-state index contributed by atoms with van der Waals surface area (Å²) in [6, 6.07) is 101. The van der Waals surface area contributed by atoms with Gasteiger partial charge in [0.2, 0.25) is 0 Å². The van der Waals surface area contributed by atoms with E-state index in [2.05, 4.69) is 277 Å². The molecule has 0 saturated carbocycles. The maximum absolute atomic E-state index is 2.52. The first-order valence-corrected chi connectivity index (χ1v) is 29.9. The molecule has 4 heteroatoms. The molecule has 17 aromatic rings. The number of anilines is 6. The van der Waals surface area contributed by atoms with Crippen molar-refractivity contribution in [3.63, 3.8) is 0 Å². The highest BCUT2D eigenvalue weighted by Gasteiger charge is 2.30. The van der Waals surface area contributed by atoms with E-state index in [1.807, 2.05) is 23.5 Å². The van der Waals surface area contributed by atoms with Crippen molar-refractivity contribution in [2.75, 3.05) is 9.80 Å². The van der Waals surface area contributed by atoms with Crippen LogP contribution in [0, 0.1) is 0 Å². The number of rotatable bonds is 4. The largest absolute Gasteiger partial charge is 0.308 e.